The second kappa shape index (κ2) is 8.25. The zero-order chi connectivity index (χ0) is 23.7. The monoisotopic (exact) mass is 464 g/mol. The van der Waals surface area contributed by atoms with Crippen LogP contribution in [0.25, 0.3) is 0 Å². The van der Waals surface area contributed by atoms with Crippen molar-refractivity contribution < 1.29 is 9.21 Å². The smallest absolute Gasteiger partial charge is 0.223 e. The highest BCUT2D eigenvalue weighted by Gasteiger charge is 2.64. The van der Waals surface area contributed by atoms with E-state index in [2.05, 4.69) is 36.8 Å². The van der Waals surface area contributed by atoms with Gasteiger partial charge < -0.3 is 14.2 Å². The van der Waals surface area contributed by atoms with Gasteiger partial charge in [-0.1, -0.05) is 18.6 Å². The third kappa shape index (κ3) is 3.30. The Morgan fingerprint density at radius 2 is 2.00 bits per heavy atom. The van der Waals surface area contributed by atoms with Gasteiger partial charge in [-0.2, -0.15) is 0 Å². The summed E-state index contributed by atoms with van der Waals surface area (Å²) >= 11 is 0. The second-order valence-corrected chi connectivity index (χ2v) is 12.9. The summed E-state index contributed by atoms with van der Waals surface area (Å²) in [5.74, 6) is 4.76. The maximum absolute atomic E-state index is 12.9. The Kier molecular flexibility index (Phi) is 5.55. The summed E-state index contributed by atoms with van der Waals surface area (Å²) in [6.07, 6.45) is 16.2. The van der Waals surface area contributed by atoms with E-state index >= 15 is 0 Å². The van der Waals surface area contributed by atoms with Gasteiger partial charge in [0.25, 0.3) is 0 Å². The first-order valence-corrected chi connectivity index (χ1v) is 14.0. The molecule has 6 rings (SSSR count). The molecule has 8 atom stereocenters. The van der Waals surface area contributed by atoms with Gasteiger partial charge in [-0.15, -0.1) is 0 Å². The molecule has 1 spiro atoms. The van der Waals surface area contributed by atoms with Crippen LogP contribution < -0.4 is 0 Å². The van der Waals surface area contributed by atoms with Crippen LogP contribution in [0.2, 0.25) is 0 Å². The van der Waals surface area contributed by atoms with Crippen LogP contribution in [0.1, 0.15) is 77.4 Å². The fraction of sp³-hybridized carbons (Fsp3) is 0.767. The Bertz CT molecular complexity index is 953. The molecule has 0 radical (unpaired) electrons. The molecule has 3 saturated carbocycles. The van der Waals surface area contributed by atoms with Crippen molar-refractivity contribution in [2.75, 3.05) is 20.6 Å². The number of nitrogens with zero attached hydrogens (tertiary/aromatic N) is 2. The standard InChI is InChI=1S/C30H44N2O2/c1-20-25-10-11-27-24-9-7-21-18-22(32(4)28(33)12-8-23-6-5-17-34-23)13-15-29(21,2)26(24)14-16-30(25,27)19-31(20)3/h5-7,17,20,22,24-27H,8-16,18-19H2,1-4H3/t20-,22-,24+,25+,26?,27-,29-,30-/m0/s1. The number of likely N-dealkylation sites (tertiary alicyclic amines) is 1. The quantitative estimate of drug-likeness (QED) is 0.518. The number of rotatable bonds is 4. The summed E-state index contributed by atoms with van der Waals surface area (Å²) in [6, 6.07) is 4.99. The molecule has 4 nitrogen and oxygen atoms in total. The van der Waals surface area contributed by atoms with Crippen molar-refractivity contribution in [3.63, 3.8) is 0 Å². The SMILES string of the molecule is C[C@H]1[C@H]2CC[C@H]3[C@@H]4CC=C5C[C@@H](N(C)C(=O)CCc6ccco6)CC[C@]5(C)C4CC[C@]23CN1C. The lowest BCUT2D eigenvalue weighted by molar-refractivity contribution is -0.133. The maximum Gasteiger partial charge on any atom is 0.223 e. The fourth-order valence-corrected chi connectivity index (χ4v) is 9.84. The first-order chi connectivity index (χ1) is 16.3. The molecule has 4 heteroatoms. The number of furan rings is 1. The molecule has 1 aromatic heterocycles. The van der Waals surface area contributed by atoms with Gasteiger partial charge in [-0.25, -0.2) is 0 Å². The van der Waals surface area contributed by atoms with Crippen molar-refractivity contribution >= 4 is 5.91 Å². The minimum absolute atomic E-state index is 0.260. The lowest BCUT2D eigenvalue weighted by Gasteiger charge is -2.58. The molecule has 5 aliphatic rings. The van der Waals surface area contributed by atoms with E-state index in [-0.39, 0.29) is 5.91 Å². The van der Waals surface area contributed by atoms with Crippen LogP contribution in [0.5, 0.6) is 0 Å². The van der Waals surface area contributed by atoms with Gasteiger partial charge in [0.1, 0.15) is 5.76 Å². The van der Waals surface area contributed by atoms with Gasteiger partial charge in [-0.05, 0) is 112 Å². The van der Waals surface area contributed by atoms with E-state index in [0.29, 0.717) is 29.7 Å². The molecule has 1 saturated heterocycles. The molecule has 2 heterocycles. The van der Waals surface area contributed by atoms with E-state index in [9.17, 15) is 4.79 Å². The molecular weight excluding hydrogens is 420 g/mol. The largest absolute Gasteiger partial charge is 0.469 e. The summed E-state index contributed by atoms with van der Waals surface area (Å²) in [7, 11) is 4.40. The summed E-state index contributed by atoms with van der Waals surface area (Å²) in [5.41, 5.74) is 2.64. The Labute approximate surface area is 206 Å². The summed E-state index contributed by atoms with van der Waals surface area (Å²) < 4.78 is 5.43. The molecule has 4 aliphatic carbocycles. The average molecular weight is 465 g/mol. The number of amides is 1. The van der Waals surface area contributed by atoms with Crippen LogP contribution in [0.3, 0.4) is 0 Å². The van der Waals surface area contributed by atoms with Crippen molar-refractivity contribution in [1.82, 2.24) is 9.80 Å². The van der Waals surface area contributed by atoms with Crippen LogP contribution in [-0.4, -0.2) is 48.4 Å². The minimum atomic E-state index is 0.260. The third-order valence-electron chi connectivity index (χ3n) is 11.8. The molecule has 0 bridgehead atoms. The van der Waals surface area contributed by atoms with E-state index in [1.165, 1.54) is 45.1 Å². The molecule has 1 amide bonds. The predicted molar refractivity (Wildman–Crippen MR) is 135 cm³/mol. The number of carbonyl (C=O) groups is 1. The van der Waals surface area contributed by atoms with Crippen LogP contribution in [0, 0.1) is 34.5 Å². The van der Waals surface area contributed by atoms with E-state index in [4.69, 9.17) is 4.42 Å². The highest BCUT2D eigenvalue weighted by atomic mass is 16.3. The Balaban J connectivity index is 1.16. The second-order valence-electron chi connectivity index (χ2n) is 12.9. The average Bonchev–Trinajstić information content (AvgIpc) is 3.53. The van der Waals surface area contributed by atoms with Crippen LogP contribution >= 0.6 is 0 Å². The van der Waals surface area contributed by atoms with E-state index in [1.807, 2.05) is 19.2 Å². The third-order valence-corrected chi connectivity index (χ3v) is 11.8. The van der Waals surface area contributed by atoms with E-state index < -0.39 is 0 Å². The maximum atomic E-state index is 12.9. The van der Waals surface area contributed by atoms with Gasteiger partial charge >= 0.3 is 0 Å². The van der Waals surface area contributed by atoms with Crippen molar-refractivity contribution in [3.05, 3.63) is 35.8 Å². The molecule has 0 N–H and O–H groups in total. The lowest BCUT2D eigenvalue weighted by atomic mass is 9.47. The Morgan fingerprint density at radius 1 is 1.18 bits per heavy atom. The number of carbonyl (C=O) groups excluding carboxylic acids is 1. The first-order valence-electron chi connectivity index (χ1n) is 14.0. The number of allylic oxidation sites excluding steroid dienone is 1. The van der Waals surface area contributed by atoms with Gasteiger partial charge in [0, 0.05) is 38.5 Å². The molecule has 4 fully saturated rings. The zero-order valence-corrected chi connectivity index (χ0v) is 21.8. The minimum Gasteiger partial charge on any atom is -0.469 e. The molecule has 186 valence electrons. The summed E-state index contributed by atoms with van der Waals surface area (Å²) in [6.45, 7) is 6.42. The molecule has 1 aliphatic heterocycles. The van der Waals surface area contributed by atoms with Crippen LogP contribution in [0.15, 0.2) is 34.5 Å². The van der Waals surface area contributed by atoms with Crippen LogP contribution in [-0.2, 0) is 11.2 Å². The van der Waals surface area contributed by atoms with E-state index in [1.54, 1.807) is 11.8 Å². The molecule has 1 aromatic rings. The Hall–Kier alpha value is -1.55. The highest BCUT2D eigenvalue weighted by molar-refractivity contribution is 5.76. The normalized spacial score (nSPS) is 43.5. The van der Waals surface area contributed by atoms with Crippen LogP contribution in [0.4, 0.5) is 0 Å². The lowest BCUT2D eigenvalue weighted by Crippen LogP contribution is -2.53. The predicted octanol–water partition coefficient (Wildman–Crippen LogP) is 5.93. The molecule has 0 aromatic carbocycles. The summed E-state index contributed by atoms with van der Waals surface area (Å²) in [5, 5.41) is 0. The zero-order valence-electron chi connectivity index (χ0n) is 21.8. The molecular formula is C30H44N2O2. The van der Waals surface area contributed by atoms with Gasteiger partial charge in [0.2, 0.25) is 5.91 Å². The Morgan fingerprint density at radius 3 is 2.79 bits per heavy atom. The van der Waals surface area contributed by atoms with Crippen molar-refractivity contribution in [3.8, 4) is 0 Å². The molecule has 1 unspecified atom stereocenters. The van der Waals surface area contributed by atoms with Gasteiger partial charge in [-0.3, -0.25) is 4.79 Å². The number of hydrogen-bond donors (Lipinski definition) is 0. The fourth-order valence-electron chi connectivity index (χ4n) is 9.84. The topological polar surface area (TPSA) is 36.7 Å². The molecule has 34 heavy (non-hydrogen) atoms. The van der Waals surface area contributed by atoms with Crippen molar-refractivity contribution in [2.24, 2.45) is 34.5 Å². The van der Waals surface area contributed by atoms with E-state index in [0.717, 1.165) is 48.3 Å². The van der Waals surface area contributed by atoms with Gasteiger partial charge in [0.05, 0.1) is 6.26 Å². The van der Waals surface area contributed by atoms with Gasteiger partial charge in [0.15, 0.2) is 0 Å². The number of fused-ring (bicyclic) bond motifs is 4. The number of hydrogen-bond acceptors (Lipinski definition) is 3. The van der Waals surface area contributed by atoms with Crippen molar-refractivity contribution in [2.45, 2.75) is 90.1 Å². The number of aryl methyl sites for hydroxylation is 1. The highest BCUT2D eigenvalue weighted by Crippen LogP contribution is 2.68. The van der Waals surface area contributed by atoms with Crippen molar-refractivity contribution in [1.29, 1.82) is 0 Å². The first kappa shape index (κ1) is 22.9. The summed E-state index contributed by atoms with van der Waals surface area (Å²) in [4.78, 5) is 17.7.